The predicted octanol–water partition coefficient (Wildman–Crippen LogP) is 6.85. The molecule has 91 heavy (non-hydrogen) atoms. The third-order valence-corrected chi connectivity index (χ3v) is 17.0. The first-order valence-electron chi connectivity index (χ1n) is 30.1. The summed E-state index contributed by atoms with van der Waals surface area (Å²) in [4.78, 5) is 139. The quantitative estimate of drug-likeness (QED) is 0.0367. The fraction of sp³-hybridized carbons (Fsp3) is 0.556. The Morgan fingerprint density at radius 3 is 2.33 bits per heavy atom. The summed E-state index contributed by atoms with van der Waals surface area (Å²) in [6.45, 7) is 5.50. The van der Waals surface area contributed by atoms with Crippen LogP contribution in [0.25, 0.3) is 0 Å². The minimum atomic E-state index is -1.90. The molecule has 9 atom stereocenters. The van der Waals surface area contributed by atoms with E-state index >= 15 is 0 Å². The van der Waals surface area contributed by atoms with Gasteiger partial charge in [-0.25, -0.2) is 28.8 Å². The predicted molar refractivity (Wildman–Crippen MR) is 326 cm³/mol. The van der Waals surface area contributed by atoms with Gasteiger partial charge in [0.1, 0.15) is 67.4 Å². The van der Waals surface area contributed by atoms with Crippen LogP contribution in [0.2, 0.25) is 5.02 Å². The molecule has 2 aliphatic carbocycles. The summed E-state index contributed by atoms with van der Waals surface area (Å²) in [5.41, 5.74) is -0.265. The lowest BCUT2D eigenvalue weighted by molar-refractivity contribution is -0.196. The second-order valence-electron chi connectivity index (χ2n) is 23.5. The normalized spacial score (nSPS) is 25.8. The molecule has 496 valence electrons. The fourth-order valence-corrected chi connectivity index (χ4v) is 11.1. The molecule has 3 fully saturated rings. The zero-order chi connectivity index (χ0) is 66.3. The van der Waals surface area contributed by atoms with Crippen LogP contribution < -0.4 is 20.7 Å². The third-order valence-electron chi connectivity index (χ3n) is 16.5. The van der Waals surface area contributed by atoms with Crippen molar-refractivity contribution in [1.29, 1.82) is 0 Å². The summed E-state index contributed by atoms with van der Waals surface area (Å²) in [6, 6.07) is 6.93. The van der Waals surface area contributed by atoms with E-state index in [1.165, 1.54) is 64.2 Å². The molecule has 4 N–H and O–H groups in total. The molecule has 5 aliphatic rings. The van der Waals surface area contributed by atoms with Gasteiger partial charge in [-0.1, -0.05) is 67.0 Å². The van der Waals surface area contributed by atoms with E-state index in [1.54, 1.807) is 44.2 Å². The van der Waals surface area contributed by atoms with Crippen molar-refractivity contribution in [3.05, 3.63) is 88.0 Å². The summed E-state index contributed by atoms with van der Waals surface area (Å²) in [7, 11) is 7.09. The monoisotopic (exact) mass is 1290 g/mol. The number of hydroxylamine groups is 2. The lowest BCUT2D eigenvalue weighted by Gasteiger charge is -2.42. The molecule has 7 amide bonds. The number of ether oxygens (including phenoxy) is 8. The highest BCUT2D eigenvalue weighted by molar-refractivity contribution is 6.33. The van der Waals surface area contributed by atoms with E-state index in [0.29, 0.717) is 34.8 Å². The Bertz CT molecular complexity index is 3140. The largest absolute Gasteiger partial charge is 0.495 e. The number of ketones is 1. The van der Waals surface area contributed by atoms with Crippen LogP contribution >= 0.6 is 11.6 Å². The number of amides is 7. The first-order valence-corrected chi connectivity index (χ1v) is 30.5. The molecule has 0 radical (unpaired) electrons. The first kappa shape index (κ1) is 70.2. The second kappa shape index (κ2) is 31.6. The zero-order valence-electron chi connectivity index (χ0n) is 52.7. The van der Waals surface area contributed by atoms with Crippen LogP contribution in [0, 0.1) is 5.92 Å². The van der Waals surface area contributed by atoms with Gasteiger partial charge >= 0.3 is 36.3 Å². The number of hydrogen-bond acceptors (Lipinski definition) is 21. The van der Waals surface area contributed by atoms with Crippen molar-refractivity contribution in [3.63, 3.8) is 0 Å². The molecule has 3 heterocycles. The Labute approximate surface area is 532 Å². The van der Waals surface area contributed by atoms with E-state index in [-0.39, 0.29) is 87.0 Å². The highest BCUT2D eigenvalue weighted by atomic mass is 35.5. The molecule has 3 saturated heterocycles. The van der Waals surface area contributed by atoms with Gasteiger partial charge in [-0.3, -0.25) is 29.8 Å². The lowest BCUT2D eigenvalue weighted by atomic mass is 9.83. The number of carbonyl (C=O) groups excluding carboxylic acids is 10. The maximum absolute atomic E-state index is 14.2. The van der Waals surface area contributed by atoms with Crippen molar-refractivity contribution < 1.29 is 95.8 Å². The molecular weight excluding hydrogens is 1210 g/mol. The number of epoxide rings is 1. The third kappa shape index (κ3) is 18.9. The van der Waals surface area contributed by atoms with Crippen LogP contribution in [0.5, 0.6) is 5.75 Å². The van der Waals surface area contributed by atoms with Gasteiger partial charge in [-0.15, -0.1) is 5.06 Å². The van der Waals surface area contributed by atoms with Crippen LogP contribution in [0.4, 0.5) is 30.6 Å². The Balaban J connectivity index is 0.915. The van der Waals surface area contributed by atoms with Crippen molar-refractivity contribution >= 4 is 82.8 Å². The first-order chi connectivity index (χ1) is 43.2. The number of aliphatic hydroxyl groups is 1. The number of imide groups is 1. The van der Waals surface area contributed by atoms with Gasteiger partial charge in [0.2, 0.25) is 5.91 Å². The average Bonchev–Trinajstić information content (AvgIpc) is 1.58. The van der Waals surface area contributed by atoms with E-state index < -0.39 is 114 Å². The summed E-state index contributed by atoms with van der Waals surface area (Å²) < 4.78 is 45.9. The van der Waals surface area contributed by atoms with Crippen molar-refractivity contribution in [2.45, 2.75) is 159 Å². The van der Waals surface area contributed by atoms with Crippen LogP contribution in [-0.4, -0.2) is 194 Å². The number of hydrogen-bond donors (Lipinski definition) is 4. The molecule has 3 aliphatic heterocycles. The van der Waals surface area contributed by atoms with Crippen molar-refractivity contribution in [2.75, 3.05) is 72.2 Å². The van der Waals surface area contributed by atoms with Crippen molar-refractivity contribution in [1.82, 2.24) is 25.1 Å². The number of benzene rings is 2. The Kier molecular flexibility index (Phi) is 24.4. The Morgan fingerprint density at radius 1 is 0.912 bits per heavy atom. The molecule has 0 aromatic heterocycles. The topological polar surface area (TPSA) is 326 Å². The number of methoxy groups -OCH3 is 2. The van der Waals surface area contributed by atoms with Crippen molar-refractivity contribution in [3.8, 4) is 5.75 Å². The van der Waals surface area contributed by atoms with Gasteiger partial charge in [-0.2, -0.15) is 0 Å². The summed E-state index contributed by atoms with van der Waals surface area (Å²) in [6.07, 6.45) is 5.06. The minimum Gasteiger partial charge on any atom is -0.495 e. The summed E-state index contributed by atoms with van der Waals surface area (Å²) in [5, 5.41) is 20.5. The number of allylic oxidation sites excluding steroid dienone is 4. The van der Waals surface area contributed by atoms with Crippen LogP contribution in [0.15, 0.2) is 66.3 Å². The number of alkyl carbamates (subject to hydrolysis) is 1. The SMILES string of the molecule is COc1cc2cc(c1Cl)CC(=O)C[C@H](OC(=O)[C@H](C)N(C)C(=O)CCOC(=O)N(C)CCN(C)C(=O)OCc1ccc(NC(=O)OC3/C=C/CCCCC3)c(NCC(=O)ON3C(=O)CCC3=O)c1)[C@]1(C)O[C@H]1[C@H](C)[C@@H]1C[C@@](O)(NC(=O)O1)[C@H](OC)/C=C/C=C(\C)C2. The molecule has 7 rings (SSSR count). The van der Waals surface area contributed by atoms with Gasteiger partial charge in [-0.05, 0) is 93.8 Å². The second-order valence-corrected chi connectivity index (χ2v) is 23.9. The molecule has 0 saturated carbocycles. The van der Waals surface area contributed by atoms with Crippen LogP contribution in [-0.2, 0) is 86.2 Å². The number of anilines is 2. The number of halogens is 1. The number of nitrogens with zero attached hydrogens (tertiary/aromatic N) is 4. The standard InChI is InChI=1S/C63H82ClN7O20/c1-37-16-15-19-49(84-9)63(82)34-48(88-59(79)67-63)38(2)56-62(4,90-56)50(33-43(72)32-42-29-41(28-37)31-47(83-8)55(42)64)89-57(77)39(3)70(7)51(73)24-27-85-60(80)68(5)25-26-69(6)61(81)86-36-40-20-21-45(66-58(78)87-44-17-13-11-10-12-14-18-44)46(30-40)65-35-54(76)91-71-52(74)22-23-53(71)75/h13,15-17,19-21,29-31,38-39,44,48-50,56,65,82H,10-12,14,18,22-28,32-36H2,1-9H3,(H,66,78)(H,67,79)/b17-13+,19-15+,37-16+/t38-,39+,44?,48+,49-,50+,56+,62+,63+/m1/s1. The number of nitrogens with one attached hydrogen (secondary N) is 3. The van der Waals surface area contributed by atoms with E-state index in [9.17, 15) is 53.1 Å². The molecule has 27 nitrogen and oxygen atoms in total. The summed E-state index contributed by atoms with van der Waals surface area (Å²) >= 11 is 6.77. The van der Waals surface area contributed by atoms with Crippen molar-refractivity contribution in [2.24, 2.45) is 5.92 Å². The van der Waals surface area contributed by atoms with Gasteiger partial charge in [0.15, 0.2) is 5.72 Å². The van der Waals surface area contributed by atoms with Crippen LogP contribution in [0.1, 0.15) is 109 Å². The number of fused-ring (bicyclic) bond motifs is 5. The smallest absolute Gasteiger partial charge is 0.412 e. The number of likely N-dealkylation sites (N-methyl/N-ethyl adjacent to an activating group) is 3. The minimum absolute atomic E-state index is 0.0190. The molecule has 2 aromatic rings. The highest BCUT2D eigenvalue weighted by Gasteiger charge is 2.64. The fourth-order valence-electron chi connectivity index (χ4n) is 10.9. The number of Topliss-reactive ketones (excluding diaryl/α,β-unsaturated/α-hetero) is 1. The van der Waals surface area contributed by atoms with E-state index in [2.05, 4.69) is 16.0 Å². The maximum Gasteiger partial charge on any atom is 0.412 e. The summed E-state index contributed by atoms with van der Waals surface area (Å²) in [5.74, 6) is -4.39. The molecule has 1 unspecified atom stereocenters. The highest BCUT2D eigenvalue weighted by Crippen LogP contribution is 2.49. The zero-order valence-corrected chi connectivity index (χ0v) is 53.5. The molecule has 28 heteroatoms. The average molecular weight is 1290 g/mol. The van der Waals surface area contributed by atoms with Crippen LogP contribution in [0.3, 0.4) is 0 Å². The molecule has 0 spiro atoms. The molecule has 2 aromatic carbocycles. The van der Waals surface area contributed by atoms with Gasteiger partial charge < -0.3 is 67.9 Å². The molecule has 4 bridgehead atoms. The lowest BCUT2D eigenvalue weighted by Crippen LogP contribution is -2.63. The molecular formula is C63H82ClN7O20. The van der Waals surface area contributed by atoms with E-state index in [0.717, 1.165) is 41.7 Å². The Hall–Kier alpha value is -8.27. The number of esters is 1. The maximum atomic E-state index is 14.2. The van der Waals surface area contributed by atoms with Gasteiger partial charge in [0, 0.05) is 79.4 Å². The van der Waals surface area contributed by atoms with Gasteiger partial charge in [0.25, 0.3) is 11.8 Å². The van der Waals surface area contributed by atoms with E-state index in [4.69, 9.17) is 54.3 Å². The van der Waals surface area contributed by atoms with Gasteiger partial charge in [0.05, 0.1) is 36.0 Å². The Morgan fingerprint density at radius 2 is 1.63 bits per heavy atom. The van der Waals surface area contributed by atoms with E-state index in [1.807, 2.05) is 25.2 Å². The number of rotatable bonds is 19. The number of carbonyl (C=O) groups is 10.